The van der Waals surface area contributed by atoms with Gasteiger partial charge in [0.15, 0.2) is 0 Å². The van der Waals surface area contributed by atoms with E-state index in [4.69, 9.17) is 16.3 Å². The lowest BCUT2D eigenvalue weighted by atomic mass is 10.0. The van der Waals surface area contributed by atoms with Gasteiger partial charge in [-0.05, 0) is 42.5 Å². The summed E-state index contributed by atoms with van der Waals surface area (Å²) in [5, 5.41) is 0.686. The van der Waals surface area contributed by atoms with Crippen molar-refractivity contribution in [3.63, 3.8) is 0 Å². The lowest BCUT2D eigenvalue weighted by Gasteiger charge is -2.10. The summed E-state index contributed by atoms with van der Waals surface area (Å²) in [7, 11) is 1.36. The zero-order valence-corrected chi connectivity index (χ0v) is 11.9. The first-order chi connectivity index (χ1) is 9.69. The lowest BCUT2D eigenvalue weighted by molar-refractivity contribution is 0.0594. The lowest BCUT2D eigenvalue weighted by Crippen LogP contribution is -2.06. The monoisotopic (exact) mass is 303 g/mol. The van der Waals surface area contributed by atoms with Crippen molar-refractivity contribution in [2.24, 2.45) is 0 Å². The van der Waals surface area contributed by atoms with E-state index in [0.717, 1.165) is 11.3 Å². The Bertz CT molecular complexity index is 648. The molecule has 0 bridgehead atoms. The molecule has 1 aromatic heterocycles. The summed E-state index contributed by atoms with van der Waals surface area (Å²) in [6.45, 7) is 0. The second-order valence-corrected chi connectivity index (χ2v) is 5.34. The molecule has 1 fully saturated rings. The van der Waals surface area contributed by atoms with Crippen LogP contribution in [0.2, 0.25) is 5.02 Å². The molecule has 1 aliphatic rings. The first kappa shape index (κ1) is 15.5. The normalized spacial score (nSPS) is 13.4. The van der Waals surface area contributed by atoms with Crippen LogP contribution in [0.15, 0.2) is 36.4 Å². The minimum absolute atomic E-state index is 0. The number of methoxy groups -OCH3 is 1. The van der Waals surface area contributed by atoms with E-state index in [9.17, 15) is 4.79 Å². The third-order valence-corrected chi connectivity index (χ3v) is 3.71. The van der Waals surface area contributed by atoms with Crippen LogP contribution in [0.25, 0.3) is 11.3 Å². The second-order valence-electron chi connectivity index (χ2n) is 4.91. The van der Waals surface area contributed by atoms with Crippen molar-refractivity contribution in [2.45, 2.75) is 26.2 Å². The Morgan fingerprint density at radius 3 is 2.43 bits per heavy atom. The van der Waals surface area contributed by atoms with Crippen LogP contribution in [0.5, 0.6) is 0 Å². The fourth-order valence-corrected chi connectivity index (χ4v) is 2.38. The smallest absolute Gasteiger partial charge is 0.356 e. The van der Waals surface area contributed by atoms with Crippen molar-refractivity contribution in [3.05, 3.63) is 52.7 Å². The average molecular weight is 304 g/mol. The molecule has 2 aromatic rings. The minimum Gasteiger partial charge on any atom is -0.464 e. The number of hydrogen-bond donors (Lipinski definition) is 0. The number of halogens is 1. The van der Waals surface area contributed by atoms with Crippen LogP contribution in [-0.2, 0) is 4.74 Å². The molecule has 21 heavy (non-hydrogen) atoms. The van der Waals surface area contributed by atoms with Gasteiger partial charge in [-0.25, -0.2) is 9.78 Å². The van der Waals surface area contributed by atoms with Gasteiger partial charge in [0.2, 0.25) is 0 Å². The van der Waals surface area contributed by atoms with Crippen molar-refractivity contribution in [1.82, 2.24) is 4.98 Å². The molecule has 1 aromatic carbocycles. The maximum absolute atomic E-state index is 11.6. The largest absolute Gasteiger partial charge is 0.464 e. The summed E-state index contributed by atoms with van der Waals surface area (Å²) in [5.41, 5.74) is 3.36. The Hall–Kier alpha value is -1.87. The van der Waals surface area contributed by atoms with Crippen molar-refractivity contribution in [3.8, 4) is 11.3 Å². The fourth-order valence-electron chi connectivity index (χ4n) is 2.25. The number of hydrogen-bond acceptors (Lipinski definition) is 3. The third kappa shape index (κ3) is 3.24. The molecule has 0 atom stereocenters. The molecule has 0 spiro atoms. The topological polar surface area (TPSA) is 39.2 Å². The first-order valence-electron chi connectivity index (χ1n) is 6.54. The number of ether oxygens (including phenoxy) is 1. The van der Waals surface area contributed by atoms with Crippen LogP contribution in [-0.4, -0.2) is 18.1 Å². The second kappa shape index (κ2) is 6.27. The molecule has 110 valence electrons. The minimum atomic E-state index is -0.414. The zero-order chi connectivity index (χ0) is 14.1. The Morgan fingerprint density at radius 2 is 1.86 bits per heavy atom. The van der Waals surface area contributed by atoms with Crippen LogP contribution >= 0.6 is 11.6 Å². The molecule has 0 radical (unpaired) electrons. The molecule has 3 nitrogen and oxygen atoms in total. The van der Waals surface area contributed by atoms with E-state index in [2.05, 4.69) is 4.98 Å². The van der Waals surface area contributed by atoms with Crippen LogP contribution in [0.3, 0.4) is 0 Å². The molecular weight excluding hydrogens is 286 g/mol. The van der Waals surface area contributed by atoms with Gasteiger partial charge in [-0.3, -0.25) is 0 Å². The summed E-state index contributed by atoms with van der Waals surface area (Å²) < 4.78 is 4.74. The molecule has 0 aliphatic heterocycles. The van der Waals surface area contributed by atoms with Gasteiger partial charge in [0, 0.05) is 10.6 Å². The molecule has 3 rings (SSSR count). The van der Waals surface area contributed by atoms with E-state index in [1.807, 2.05) is 30.3 Å². The number of esters is 1. The Labute approximate surface area is 129 Å². The fraction of sp³-hybridized carbons (Fsp3) is 0.294. The van der Waals surface area contributed by atoms with E-state index >= 15 is 0 Å². The SMILES string of the molecule is C.COC(=O)c1ccc(C2CC2)c(-c2ccc(Cl)cc2)n1. The third-order valence-electron chi connectivity index (χ3n) is 3.46. The van der Waals surface area contributed by atoms with Gasteiger partial charge in [0.1, 0.15) is 5.69 Å². The number of rotatable bonds is 3. The van der Waals surface area contributed by atoms with Crippen LogP contribution in [0.1, 0.15) is 42.2 Å². The molecule has 1 saturated carbocycles. The number of benzene rings is 1. The highest BCUT2D eigenvalue weighted by molar-refractivity contribution is 6.30. The predicted molar refractivity (Wildman–Crippen MR) is 84.7 cm³/mol. The van der Waals surface area contributed by atoms with Crippen LogP contribution in [0, 0.1) is 0 Å². The van der Waals surface area contributed by atoms with Crippen molar-refractivity contribution in [2.75, 3.05) is 7.11 Å². The Balaban J connectivity index is 0.00000161. The van der Waals surface area contributed by atoms with Gasteiger partial charge in [-0.1, -0.05) is 37.2 Å². The van der Waals surface area contributed by atoms with Gasteiger partial charge in [0.05, 0.1) is 12.8 Å². The van der Waals surface area contributed by atoms with Crippen molar-refractivity contribution in [1.29, 1.82) is 0 Å². The van der Waals surface area contributed by atoms with E-state index < -0.39 is 5.97 Å². The van der Waals surface area contributed by atoms with Crippen LogP contribution < -0.4 is 0 Å². The zero-order valence-electron chi connectivity index (χ0n) is 11.1. The van der Waals surface area contributed by atoms with Gasteiger partial charge in [-0.2, -0.15) is 0 Å². The van der Waals surface area contributed by atoms with E-state index in [-0.39, 0.29) is 7.43 Å². The molecule has 1 aliphatic carbocycles. The number of carbonyl (C=O) groups excluding carboxylic acids is 1. The maximum atomic E-state index is 11.6. The van der Waals surface area contributed by atoms with Crippen molar-refractivity contribution >= 4 is 17.6 Å². The number of carbonyl (C=O) groups is 1. The van der Waals surface area contributed by atoms with Crippen molar-refractivity contribution < 1.29 is 9.53 Å². The Morgan fingerprint density at radius 1 is 1.19 bits per heavy atom. The number of nitrogens with zero attached hydrogens (tertiary/aromatic N) is 1. The van der Waals surface area contributed by atoms with Gasteiger partial charge >= 0.3 is 5.97 Å². The molecule has 0 N–H and O–H groups in total. The number of pyridine rings is 1. The quantitative estimate of drug-likeness (QED) is 0.771. The summed E-state index contributed by atoms with van der Waals surface area (Å²) in [6.07, 6.45) is 2.36. The van der Waals surface area contributed by atoms with Crippen LogP contribution in [0.4, 0.5) is 0 Å². The van der Waals surface area contributed by atoms with Gasteiger partial charge in [-0.15, -0.1) is 0 Å². The standard InChI is InChI=1S/C16H14ClNO2.CH4/c1-20-16(19)14-9-8-13(10-2-3-10)15(18-14)11-4-6-12(17)7-5-11;/h4-10H,2-3H2,1H3;1H4. The summed E-state index contributed by atoms with van der Waals surface area (Å²) in [4.78, 5) is 16.1. The highest BCUT2D eigenvalue weighted by atomic mass is 35.5. The first-order valence-corrected chi connectivity index (χ1v) is 6.92. The molecular formula is C17H18ClNO2. The average Bonchev–Trinajstić information content (AvgIpc) is 3.31. The molecule has 1 heterocycles. The summed E-state index contributed by atoms with van der Waals surface area (Å²) in [5.74, 6) is 0.141. The highest BCUT2D eigenvalue weighted by Gasteiger charge is 2.28. The summed E-state index contributed by atoms with van der Waals surface area (Å²) >= 11 is 5.92. The van der Waals surface area contributed by atoms with Gasteiger partial charge in [0.25, 0.3) is 0 Å². The highest BCUT2D eigenvalue weighted by Crippen LogP contribution is 2.43. The summed E-state index contributed by atoms with van der Waals surface area (Å²) in [6, 6.07) is 11.2. The molecule has 0 amide bonds. The molecule has 4 heteroatoms. The molecule has 0 unspecified atom stereocenters. The van der Waals surface area contributed by atoms with E-state index in [0.29, 0.717) is 16.6 Å². The van der Waals surface area contributed by atoms with E-state index in [1.54, 1.807) is 6.07 Å². The van der Waals surface area contributed by atoms with E-state index in [1.165, 1.54) is 25.5 Å². The number of aromatic nitrogens is 1. The predicted octanol–water partition coefficient (Wildman–Crippen LogP) is 4.70. The maximum Gasteiger partial charge on any atom is 0.356 e. The molecule has 0 saturated heterocycles. The Kier molecular flexibility index (Phi) is 4.63. The van der Waals surface area contributed by atoms with Gasteiger partial charge < -0.3 is 4.74 Å².